The highest BCUT2D eigenvalue weighted by Crippen LogP contribution is 2.25. The normalized spacial score (nSPS) is 9.92. The summed E-state index contributed by atoms with van der Waals surface area (Å²) in [6, 6.07) is 17.0. The van der Waals surface area contributed by atoms with Crippen LogP contribution in [0.15, 0.2) is 73.1 Å². The summed E-state index contributed by atoms with van der Waals surface area (Å²) in [5.74, 6) is 0. The number of benzene rings is 2. The molecule has 126 valence electrons. The van der Waals surface area contributed by atoms with Gasteiger partial charge in [0.2, 0.25) is 0 Å². The van der Waals surface area contributed by atoms with Gasteiger partial charge in [-0.05, 0) is 11.1 Å². The lowest BCUT2D eigenvalue weighted by Crippen LogP contribution is -3.00. The van der Waals surface area contributed by atoms with Gasteiger partial charge in [-0.1, -0.05) is 30.3 Å². The van der Waals surface area contributed by atoms with Gasteiger partial charge in [-0.3, -0.25) is 20.2 Å². The Kier molecular flexibility index (Phi) is 5.41. The van der Waals surface area contributed by atoms with Gasteiger partial charge in [0.05, 0.1) is 9.85 Å². The number of nitro benzene ring substituents is 2. The average molecular weight is 358 g/mol. The van der Waals surface area contributed by atoms with E-state index in [1.165, 1.54) is 12.1 Å². The lowest BCUT2D eigenvalue weighted by Gasteiger charge is -2.01. The first-order valence-electron chi connectivity index (χ1n) is 7.06. The van der Waals surface area contributed by atoms with Gasteiger partial charge in [-0.15, -0.1) is 0 Å². The van der Waals surface area contributed by atoms with Gasteiger partial charge in [0.1, 0.15) is 6.07 Å². The Morgan fingerprint density at radius 2 is 1.36 bits per heavy atom. The molecule has 0 atom stereocenters. The van der Waals surface area contributed by atoms with Crippen LogP contribution in [0.4, 0.5) is 11.4 Å². The molecule has 0 unspecified atom stereocenters. The van der Waals surface area contributed by atoms with Crippen LogP contribution < -0.4 is 17.0 Å². The molecular weight excluding hydrogens is 346 g/mol. The van der Waals surface area contributed by atoms with Gasteiger partial charge in [-0.25, -0.2) is 0 Å². The average Bonchev–Trinajstić information content (AvgIpc) is 2.62. The second kappa shape index (κ2) is 7.50. The van der Waals surface area contributed by atoms with Gasteiger partial charge in [0, 0.05) is 24.3 Å². The number of aromatic nitrogens is 1. The van der Waals surface area contributed by atoms with E-state index in [1.807, 2.05) is 42.5 Å². The lowest BCUT2D eigenvalue weighted by atomic mass is 10.1. The molecule has 8 heteroatoms. The Hall–Kier alpha value is -3.32. The molecule has 3 aromatic rings. The third-order valence-corrected chi connectivity index (χ3v) is 3.58. The molecule has 0 aliphatic carbocycles. The standard InChI is InChI=1S/C17H12N3O4.ClH/c21-19(22)15-6-7-16(17(12-15)20(23)24)18-10-8-14(9-11-18)13-4-2-1-3-5-13;/h1-12H;1H/q+1;/p-1. The first-order valence-corrected chi connectivity index (χ1v) is 7.06. The maximum absolute atomic E-state index is 11.2. The van der Waals surface area contributed by atoms with E-state index in [2.05, 4.69) is 0 Å². The molecule has 0 N–H and O–H groups in total. The molecule has 1 aromatic heterocycles. The number of hydrogen-bond acceptors (Lipinski definition) is 4. The van der Waals surface area contributed by atoms with Crippen molar-refractivity contribution < 1.29 is 26.8 Å². The van der Waals surface area contributed by atoms with Crippen LogP contribution in [0.1, 0.15) is 0 Å². The zero-order chi connectivity index (χ0) is 17.1. The van der Waals surface area contributed by atoms with E-state index >= 15 is 0 Å². The maximum Gasteiger partial charge on any atom is 0.347 e. The summed E-state index contributed by atoms with van der Waals surface area (Å²) in [6.07, 6.45) is 3.38. The topological polar surface area (TPSA) is 90.2 Å². The van der Waals surface area contributed by atoms with Crippen LogP contribution in [0.2, 0.25) is 0 Å². The second-order valence-corrected chi connectivity index (χ2v) is 5.05. The fourth-order valence-electron chi connectivity index (χ4n) is 2.40. The Balaban J connectivity index is 0.00000225. The van der Waals surface area contributed by atoms with Crippen molar-refractivity contribution in [3.05, 3.63) is 93.3 Å². The molecule has 3 rings (SSSR count). The van der Waals surface area contributed by atoms with E-state index in [-0.39, 0.29) is 29.5 Å². The Morgan fingerprint density at radius 1 is 0.760 bits per heavy atom. The van der Waals surface area contributed by atoms with Crippen molar-refractivity contribution in [2.24, 2.45) is 0 Å². The first-order chi connectivity index (χ1) is 11.6. The smallest absolute Gasteiger partial charge is 0.347 e. The van der Waals surface area contributed by atoms with Gasteiger partial charge < -0.3 is 12.4 Å². The number of hydrogen-bond donors (Lipinski definition) is 0. The molecule has 7 nitrogen and oxygen atoms in total. The molecule has 1 heterocycles. The van der Waals surface area contributed by atoms with Crippen LogP contribution >= 0.6 is 0 Å². The number of pyridine rings is 1. The number of nitro groups is 2. The Bertz CT molecular complexity index is 915. The SMILES string of the molecule is O=[N+]([O-])c1ccc(-[n+]2ccc(-c3ccccc3)cc2)c([N+](=O)[O-])c1.[Cl-]. The second-order valence-electron chi connectivity index (χ2n) is 5.05. The summed E-state index contributed by atoms with van der Waals surface area (Å²) in [5.41, 5.74) is 1.64. The van der Waals surface area contributed by atoms with Crippen molar-refractivity contribution in [2.75, 3.05) is 0 Å². The largest absolute Gasteiger partial charge is 1.00 e. The first kappa shape index (κ1) is 18.0. The Labute approximate surface area is 148 Å². The molecule has 0 aliphatic rings. The molecule has 0 amide bonds. The molecule has 0 radical (unpaired) electrons. The quantitative estimate of drug-likeness (QED) is 0.385. The molecule has 0 saturated carbocycles. The zero-order valence-corrected chi connectivity index (χ0v) is 13.5. The van der Waals surface area contributed by atoms with Gasteiger partial charge in [0.15, 0.2) is 12.4 Å². The number of halogens is 1. The summed E-state index contributed by atoms with van der Waals surface area (Å²) in [5, 5.41) is 22.0. The number of nitrogens with zero attached hydrogens (tertiary/aromatic N) is 3. The van der Waals surface area contributed by atoms with E-state index in [9.17, 15) is 20.2 Å². The van der Waals surface area contributed by atoms with E-state index in [1.54, 1.807) is 17.0 Å². The molecule has 0 aliphatic heterocycles. The molecule has 25 heavy (non-hydrogen) atoms. The van der Waals surface area contributed by atoms with Crippen LogP contribution in [-0.4, -0.2) is 9.85 Å². The minimum Gasteiger partial charge on any atom is -1.00 e. The van der Waals surface area contributed by atoms with E-state index in [0.717, 1.165) is 17.2 Å². The van der Waals surface area contributed by atoms with Gasteiger partial charge in [-0.2, -0.15) is 4.57 Å². The van der Waals surface area contributed by atoms with Crippen LogP contribution in [-0.2, 0) is 0 Å². The minimum absolute atomic E-state index is 0. The van der Waals surface area contributed by atoms with Gasteiger partial charge >= 0.3 is 5.69 Å². The fraction of sp³-hybridized carbons (Fsp3) is 0. The highest BCUT2D eigenvalue weighted by Gasteiger charge is 2.26. The van der Waals surface area contributed by atoms with E-state index in [4.69, 9.17) is 0 Å². The highest BCUT2D eigenvalue weighted by molar-refractivity contribution is 5.62. The molecule has 2 aromatic carbocycles. The van der Waals surface area contributed by atoms with Crippen molar-refractivity contribution in [1.82, 2.24) is 0 Å². The van der Waals surface area contributed by atoms with Gasteiger partial charge in [0.25, 0.3) is 11.4 Å². The van der Waals surface area contributed by atoms with Crippen molar-refractivity contribution in [3.8, 4) is 16.8 Å². The van der Waals surface area contributed by atoms with Crippen molar-refractivity contribution >= 4 is 11.4 Å². The Morgan fingerprint density at radius 3 is 1.92 bits per heavy atom. The van der Waals surface area contributed by atoms with Crippen LogP contribution in [0.5, 0.6) is 0 Å². The summed E-state index contributed by atoms with van der Waals surface area (Å²) in [6.45, 7) is 0. The third-order valence-electron chi connectivity index (χ3n) is 3.58. The molecule has 0 fully saturated rings. The van der Waals surface area contributed by atoms with Crippen molar-refractivity contribution in [1.29, 1.82) is 0 Å². The van der Waals surface area contributed by atoms with E-state index in [0.29, 0.717) is 0 Å². The molecule has 0 bridgehead atoms. The molecular formula is C17H12ClN3O4. The monoisotopic (exact) mass is 357 g/mol. The molecule has 0 spiro atoms. The summed E-state index contributed by atoms with van der Waals surface area (Å²) < 4.78 is 1.56. The number of rotatable bonds is 4. The predicted octanol–water partition coefficient (Wildman–Crippen LogP) is 0.451. The molecule has 0 saturated heterocycles. The third kappa shape index (κ3) is 3.78. The summed E-state index contributed by atoms with van der Waals surface area (Å²) in [4.78, 5) is 20.8. The minimum atomic E-state index is -0.653. The van der Waals surface area contributed by atoms with Crippen LogP contribution in [0, 0.1) is 20.2 Å². The highest BCUT2D eigenvalue weighted by atomic mass is 35.5. The predicted molar refractivity (Wildman–Crippen MR) is 86.7 cm³/mol. The zero-order valence-electron chi connectivity index (χ0n) is 12.8. The maximum atomic E-state index is 11.2. The fourth-order valence-corrected chi connectivity index (χ4v) is 2.40. The number of non-ortho nitro benzene ring substituents is 1. The van der Waals surface area contributed by atoms with Crippen molar-refractivity contribution in [2.45, 2.75) is 0 Å². The summed E-state index contributed by atoms with van der Waals surface area (Å²) in [7, 11) is 0. The van der Waals surface area contributed by atoms with E-state index < -0.39 is 9.85 Å². The lowest BCUT2D eigenvalue weighted by molar-refractivity contribution is -0.600. The van der Waals surface area contributed by atoms with Crippen molar-refractivity contribution in [3.63, 3.8) is 0 Å². The summed E-state index contributed by atoms with van der Waals surface area (Å²) >= 11 is 0. The van der Waals surface area contributed by atoms with Crippen LogP contribution in [0.25, 0.3) is 16.8 Å². The van der Waals surface area contributed by atoms with Crippen LogP contribution in [0.3, 0.4) is 0 Å².